The molecule has 1 fully saturated rings. The van der Waals surface area contributed by atoms with E-state index in [1.54, 1.807) is 18.2 Å². The first-order valence-corrected chi connectivity index (χ1v) is 8.11. The monoisotopic (exact) mass is 329 g/mol. The van der Waals surface area contributed by atoms with Crippen molar-refractivity contribution in [3.63, 3.8) is 0 Å². The van der Waals surface area contributed by atoms with Crippen molar-refractivity contribution in [2.24, 2.45) is 0 Å². The molecule has 1 aliphatic heterocycles. The summed E-state index contributed by atoms with van der Waals surface area (Å²) in [6.45, 7) is 8.05. The minimum Gasteiger partial charge on any atom is -0.404 e. The second kappa shape index (κ2) is 8.43. The molecule has 1 heterocycles. The number of hydrogen-bond acceptors (Lipinski definition) is 3. The van der Waals surface area contributed by atoms with Gasteiger partial charge >= 0.3 is 6.36 Å². The third-order valence-electron chi connectivity index (χ3n) is 4.03. The number of piperazine rings is 1. The number of benzene rings is 1. The molecule has 0 saturated carbocycles. The first kappa shape index (κ1) is 17.9. The van der Waals surface area contributed by atoms with Crippen LogP contribution in [0.5, 0.6) is 5.75 Å². The highest BCUT2D eigenvalue weighted by molar-refractivity contribution is 5.58. The predicted octanol–water partition coefficient (Wildman–Crippen LogP) is 4.10. The van der Waals surface area contributed by atoms with Crippen LogP contribution in [-0.4, -0.2) is 44.0 Å². The number of unbranched alkanes of at least 4 members (excludes halogenated alkanes) is 3. The Balaban J connectivity index is 1.88. The predicted molar refractivity (Wildman–Crippen MR) is 85.6 cm³/mol. The molecule has 0 spiro atoms. The third kappa shape index (κ3) is 5.94. The standard InChI is InChI=1S/C17H24F3N2O/c1-2-3-4-7-10-21-11-13-22(14-12-21)15-8-5-6-9-16(15)23-17(18,19)20/h5-6,8-9H,1-4,7,10-14H2. The van der Waals surface area contributed by atoms with Crippen LogP contribution in [-0.2, 0) is 0 Å². The van der Waals surface area contributed by atoms with E-state index < -0.39 is 6.36 Å². The van der Waals surface area contributed by atoms with Crippen LogP contribution >= 0.6 is 0 Å². The van der Waals surface area contributed by atoms with Crippen LogP contribution < -0.4 is 9.64 Å². The number of anilines is 1. The molecule has 1 radical (unpaired) electrons. The van der Waals surface area contributed by atoms with Crippen molar-refractivity contribution in [1.29, 1.82) is 0 Å². The normalized spacial score (nSPS) is 16.6. The van der Waals surface area contributed by atoms with Crippen LogP contribution in [0.4, 0.5) is 18.9 Å². The van der Waals surface area contributed by atoms with Crippen molar-refractivity contribution >= 4 is 5.69 Å². The second-order valence-electron chi connectivity index (χ2n) is 5.76. The fourth-order valence-electron chi connectivity index (χ4n) is 2.83. The molecular weight excluding hydrogens is 305 g/mol. The molecule has 1 aliphatic rings. The maximum Gasteiger partial charge on any atom is 0.573 e. The Morgan fingerprint density at radius 3 is 2.35 bits per heavy atom. The van der Waals surface area contributed by atoms with Crippen molar-refractivity contribution in [1.82, 2.24) is 4.90 Å². The van der Waals surface area contributed by atoms with Crippen molar-refractivity contribution in [3.8, 4) is 5.75 Å². The summed E-state index contributed by atoms with van der Waals surface area (Å²) in [6.07, 6.45) is -0.187. The topological polar surface area (TPSA) is 15.7 Å². The zero-order chi connectivity index (χ0) is 16.7. The lowest BCUT2D eigenvalue weighted by Gasteiger charge is -2.36. The van der Waals surface area contributed by atoms with Gasteiger partial charge in [-0.1, -0.05) is 38.3 Å². The summed E-state index contributed by atoms with van der Waals surface area (Å²) in [5.74, 6) is -0.121. The van der Waals surface area contributed by atoms with Gasteiger partial charge in [0.2, 0.25) is 0 Å². The van der Waals surface area contributed by atoms with E-state index in [1.165, 1.54) is 12.5 Å². The molecule has 3 nitrogen and oxygen atoms in total. The molecule has 23 heavy (non-hydrogen) atoms. The van der Waals surface area contributed by atoms with Gasteiger partial charge in [0.1, 0.15) is 0 Å². The van der Waals surface area contributed by atoms with Crippen LogP contribution in [0.15, 0.2) is 24.3 Å². The minimum absolute atomic E-state index is 0.121. The van der Waals surface area contributed by atoms with Gasteiger partial charge in [0.15, 0.2) is 5.75 Å². The van der Waals surface area contributed by atoms with Crippen LogP contribution in [0, 0.1) is 6.92 Å². The first-order chi connectivity index (χ1) is 11.0. The fourth-order valence-corrected chi connectivity index (χ4v) is 2.83. The van der Waals surface area contributed by atoms with E-state index in [2.05, 4.69) is 16.6 Å². The smallest absolute Gasteiger partial charge is 0.404 e. The van der Waals surface area contributed by atoms with Gasteiger partial charge in [-0.3, -0.25) is 4.90 Å². The number of rotatable bonds is 7. The molecule has 0 aliphatic carbocycles. The molecule has 0 atom stereocenters. The zero-order valence-corrected chi connectivity index (χ0v) is 13.3. The van der Waals surface area contributed by atoms with E-state index in [4.69, 9.17) is 0 Å². The number of alkyl halides is 3. The maximum absolute atomic E-state index is 12.5. The van der Waals surface area contributed by atoms with Gasteiger partial charge in [0.05, 0.1) is 5.69 Å². The largest absolute Gasteiger partial charge is 0.573 e. The van der Waals surface area contributed by atoms with Gasteiger partial charge in [0, 0.05) is 26.2 Å². The molecule has 0 unspecified atom stereocenters. The Kier molecular flexibility index (Phi) is 6.57. The highest BCUT2D eigenvalue weighted by atomic mass is 19.4. The summed E-state index contributed by atoms with van der Waals surface area (Å²) < 4.78 is 41.6. The molecule has 0 N–H and O–H groups in total. The number of hydrogen-bond donors (Lipinski definition) is 0. The van der Waals surface area contributed by atoms with Crippen LogP contribution in [0.1, 0.15) is 25.7 Å². The van der Waals surface area contributed by atoms with Gasteiger partial charge in [-0.2, -0.15) is 0 Å². The average molecular weight is 329 g/mol. The molecule has 1 aromatic rings. The van der Waals surface area contributed by atoms with E-state index in [9.17, 15) is 13.2 Å². The van der Waals surface area contributed by atoms with Gasteiger partial charge in [0.25, 0.3) is 0 Å². The fraction of sp³-hybridized carbons (Fsp3) is 0.588. The first-order valence-electron chi connectivity index (χ1n) is 8.11. The van der Waals surface area contributed by atoms with Crippen molar-refractivity contribution in [2.45, 2.75) is 32.0 Å². The summed E-state index contributed by atoms with van der Waals surface area (Å²) in [7, 11) is 0. The number of halogens is 3. The summed E-state index contributed by atoms with van der Waals surface area (Å²) in [6, 6.07) is 6.35. The molecule has 0 aromatic heterocycles. The Morgan fingerprint density at radius 2 is 1.70 bits per heavy atom. The maximum atomic E-state index is 12.5. The zero-order valence-electron chi connectivity index (χ0n) is 13.3. The lowest BCUT2D eigenvalue weighted by Crippen LogP contribution is -2.46. The molecule has 2 rings (SSSR count). The van der Waals surface area contributed by atoms with E-state index in [1.807, 2.05) is 4.90 Å². The SMILES string of the molecule is [CH2]CCCCCN1CCN(c2ccccc2OC(F)(F)F)CC1. The summed E-state index contributed by atoms with van der Waals surface area (Å²) in [5, 5.41) is 0. The van der Waals surface area contributed by atoms with Gasteiger partial charge in [-0.25, -0.2) is 0 Å². The molecular formula is C17H24F3N2O. The number of nitrogens with zero attached hydrogens (tertiary/aromatic N) is 2. The second-order valence-corrected chi connectivity index (χ2v) is 5.76. The summed E-state index contributed by atoms with van der Waals surface area (Å²) in [5.41, 5.74) is 0.515. The number of ether oxygens (including phenoxy) is 1. The molecule has 1 saturated heterocycles. The Morgan fingerprint density at radius 1 is 1.00 bits per heavy atom. The van der Waals surface area contributed by atoms with Crippen LogP contribution in [0.25, 0.3) is 0 Å². The molecule has 6 heteroatoms. The van der Waals surface area contributed by atoms with E-state index in [-0.39, 0.29) is 5.75 Å². The molecule has 0 amide bonds. The van der Waals surface area contributed by atoms with E-state index in [0.29, 0.717) is 18.8 Å². The van der Waals surface area contributed by atoms with E-state index >= 15 is 0 Å². The Labute approximate surface area is 136 Å². The number of para-hydroxylation sites is 2. The lowest BCUT2D eigenvalue weighted by atomic mass is 10.2. The van der Waals surface area contributed by atoms with Crippen LogP contribution in [0.3, 0.4) is 0 Å². The lowest BCUT2D eigenvalue weighted by molar-refractivity contribution is -0.274. The van der Waals surface area contributed by atoms with Crippen molar-refractivity contribution in [3.05, 3.63) is 31.2 Å². The highest BCUT2D eigenvalue weighted by Crippen LogP contribution is 2.33. The molecule has 0 bridgehead atoms. The average Bonchev–Trinajstić information content (AvgIpc) is 2.51. The van der Waals surface area contributed by atoms with Gasteiger partial charge in [-0.05, 0) is 25.1 Å². The quantitative estimate of drug-likeness (QED) is 0.701. The Bertz CT molecular complexity index is 471. The van der Waals surface area contributed by atoms with Gasteiger partial charge in [-0.15, -0.1) is 13.2 Å². The van der Waals surface area contributed by atoms with Crippen LogP contribution in [0.2, 0.25) is 0 Å². The summed E-state index contributed by atoms with van der Waals surface area (Å²) in [4.78, 5) is 4.33. The minimum atomic E-state index is -4.66. The van der Waals surface area contributed by atoms with Gasteiger partial charge < -0.3 is 9.64 Å². The highest BCUT2D eigenvalue weighted by Gasteiger charge is 2.33. The Hall–Kier alpha value is -1.43. The third-order valence-corrected chi connectivity index (χ3v) is 4.03. The molecule has 129 valence electrons. The van der Waals surface area contributed by atoms with Crippen molar-refractivity contribution < 1.29 is 17.9 Å². The van der Waals surface area contributed by atoms with E-state index in [0.717, 1.165) is 38.9 Å². The van der Waals surface area contributed by atoms with Crippen molar-refractivity contribution in [2.75, 3.05) is 37.6 Å². The molecule has 1 aromatic carbocycles. The summed E-state index contributed by atoms with van der Waals surface area (Å²) >= 11 is 0.